The molecule has 1 atom stereocenters. The highest BCUT2D eigenvalue weighted by molar-refractivity contribution is 5.94. The maximum atomic E-state index is 14.1. The molecule has 2 aliphatic heterocycles. The van der Waals surface area contributed by atoms with Crippen LogP contribution in [0.3, 0.4) is 0 Å². The van der Waals surface area contributed by atoms with Gasteiger partial charge in [0.15, 0.2) is 17.4 Å². The van der Waals surface area contributed by atoms with E-state index in [1.54, 1.807) is 0 Å². The zero-order valence-corrected chi connectivity index (χ0v) is 18.9. The molecule has 2 aliphatic rings. The number of aliphatic hydroxyl groups excluding tert-OH is 1. The third kappa shape index (κ3) is 3.39. The van der Waals surface area contributed by atoms with Crippen molar-refractivity contribution in [3.05, 3.63) is 53.1 Å². The quantitative estimate of drug-likeness (QED) is 0.312. The summed E-state index contributed by atoms with van der Waals surface area (Å²) < 4.78 is 14.1. The van der Waals surface area contributed by atoms with Crippen LogP contribution in [0.15, 0.2) is 30.3 Å². The first kappa shape index (κ1) is 21.3. The predicted molar refractivity (Wildman–Crippen MR) is 127 cm³/mol. The van der Waals surface area contributed by atoms with Gasteiger partial charge >= 0.3 is 0 Å². The summed E-state index contributed by atoms with van der Waals surface area (Å²) in [6.07, 6.45) is 1.38. The van der Waals surface area contributed by atoms with Crippen LogP contribution in [0.25, 0.3) is 33.5 Å². The number of aromatic amines is 2. The number of nitrogens with zero attached hydrogens (tertiary/aromatic N) is 3. The maximum Gasteiger partial charge on any atom is 0.165 e. The second kappa shape index (κ2) is 8.19. The highest BCUT2D eigenvalue weighted by Gasteiger charge is 2.35. The van der Waals surface area contributed by atoms with Crippen molar-refractivity contribution in [3.8, 4) is 28.4 Å². The Balaban J connectivity index is 1.35. The highest BCUT2D eigenvalue weighted by atomic mass is 19.1. The molecule has 176 valence electrons. The number of H-pyrrole nitrogens is 2. The Morgan fingerprint density at radius 3 is 2.79 bits per heavy atom. The Kier molecular flexibility index (Phi) is 5.13. The fraction of sp³-hybridized carbons (Fsp3) is 0.360. The number of aromatic hydroxyl groups is 1. The number of fused-ring (bicyclic) bond motifs is 2. The minimum absolute atomic E-state index is 0.0766. The first-order chi connectivity index (χ1) is 16.6. The van der Waals surface area contributed by atoms with E-state index in [2.05, 4.69) is 25.4 Å². The normalized spacial score (nSPS) is 18.9. The van der Waals surface area contributed by atoms with Gasteiger partial charge < -0.3 is 20.5 Å². The van der Waals surface area contributed by atoms with Crippen LogP contribution in [0.4, 0.5) is 4.39 Å². The van der Waals surface area contributed by atoms with E-state index in [1.165, 1.54) is 12.1 Å². The second-order valence-electron chi connectivity index (χ2n) is 9.18. The molecular formula is C25H27FN6O2. The molecule has 1 saturated heterocycles. The van der Waals surface area contributed by atoms with Gasteiger partial charge in [0, 0.05) is 43.5 Å². The molecule has 0 amide bonds. The number of phenols is 1. The summed E-state index contributed by atoms with van der Waals surface area (Å²) in [6.45, 7) is 4.72. The van der Waals surface area contributed by atoms with Gasteiger partial charge in [-0.05, 0) is 47.4 Å². The monoisotopic (exact) mass is 462 g/mol. The topological polar surface area (TPSA) is 113 Å². The Bertz CT molecular complexity index is 1380. The number of nitrogens with one attached hydrogen (secondary N) is 3. The number of aliphatic hydroxyl groups is 1. The third-order valence-electron chi connectivity index (χ3n) is 7.19. The molecule has 2 aromatic carbocycles. The Morgan fingerprint density at radius 1 is 1.21 bits per heavy atom. The number of aryl methyl sites for hydroxylation is 1. The van der Waals surface area contributed by atoms with Crippen LogP contribution in [0.5, 0.6) is 5.75 Å². The summed E-state index contributed by atoms with van der Waals surface area (Å²) in [5.41, 5.74) is 6.11. The average Bonchev–Trinajstić information content (AvgIpc) is 3.41. The lowest BCUT2D eigenvalue weighted by atomic mass is 9.96. The Hall–Kier alpha value is -3.27. The smallest absolute Gasteiger partial charge is 0.165 e. The van der Waals surface area contributed by atoms with Gasteiger partial charge in [0.2, 0.25) is 0 Å². The molecule has 0 radical (unpaired) electrons. The van der Waals surface area contributed by atoms with E-state index in [-0.39, 0.29) is 18.4 Å². The average molecular weight is 463 g/mol. The minimum atomic E-state index is -0.633. The van der Waals surface area contributed by atoms with Crippen LogP contribution in [0.2, 0.25) is 0 Å². The summed E-state index contributed by atoms with van der Waals surface area (Å²) in [7, 11) is 0. The molecule has 2 aromatic heterocycles. The summed E-state index contributed by atoms with van der Waals surface area (Å²) in [6, 6.07) is 9.26. The zero-order valence-electron chi connectivity index (χ0n) is 18.9. The van der Waals surface area contributed by atoms with Crippen LogP contribution in [-0.4, -0.2) is 67.1 Å². The van der Waals surface area contributed by atoms with E-state index < -0.39 is 5.82 Å². The van der Waals surface area contributed by atoms with Crippen LogP contribution >= 0.6 is 0 Å². The molecule has 0 saturated carbocycles. The molecule has 6 rings (SSSR count). The Labute approximate surface area is 195 Å². The van der Waals surface area contributed by atoms with Crippen molar-refractivity contribution >= 4 is 10.9 Å². The molecule has 4 aromatic rings. The van der Waals surface area contributed by atoms with Crippen LogP contribution in [0.1, 0.15) is 23.9 Å². The van der Waals surface area contributed by atoms with Crippen molar-refractivity contribution in [2.45, 2.75) is 38.4 Å². The van der Waals surface area contributed by atoms with Gasteiger partial charge in [-0.15, -0.1) is 0 Å². The zero-order chi connectivity index (χ0) is 23.4. The first-order valence-electron chi connectivity index (χ1n) is 11.7. The molecule has 8 nitrogen and oxygen atoms in total. The van der Waals surface area contributed by atoms with Crippen molar-refractivity contribution in [3.63, 3.8) is 0 Å². The fourth-order valence-corrected chi connectivity index (χ4v) is 5.15. The summed E-state index contributed by atoms with van der Waals surface area (Å²) in [5.74, 6) is -0.256. The van der Waals surface area contributed by atoms with Crippen molar-refractivity contribution < 1.29 is 14.6 Å². The van der Waals surface area contributed by atoms with E-state index in [9.17, 15) is 14.6 Å². The number of hydrogen-bond donors (Lipinski definition) is 5. The van der Waals surface area contributed by atoms with Crippen LogP contribution in [-0.2, 0) is 19.4 Å². The molecule has 4 heterocycles. The van der Waals surface area contributed by atoms with Crippen molar-refractivity contribution in [2.24, 2.45) is 0 Å². The van der Waals surface area contributed by atoms with E-state index in [0.29, 0.717) is 24.7 Å². The van der Waals surface area contributed by atoms with Gasteiger partial charge in [0.25, 0.3) is 0 Å². The lowest BCUT2D eigenvalue weighted by Crippen LogP contribution is -2.61. The van der Waals surface area contributed by atoms with Crippen molar-refractivity contribution in [1.82, 2.24) is 30.4 Å². The largest absolute Gasteiger partial charge is 0.505 e. The SMILES string of the molecule is CCc1cc(O)c(F)cc1-c1ccc2c(-c3nc4c([nH]3)CN(C3CNC3)C(CO)C4)n[nH]c2c1. The number of imidazole rings is 1. The van der Waals surface area contributed by atoms with Crippen molar-refractivity contribution in [2.75, 3.05) is 19.7 Å². The molecule has 0 spiro atoms. The van der Waals surface area contributed by atoms with Gasteiger partial charge in [-0.3, -0.25) is 10.00 Å². The number of phenolic OH excluding ortho intramolecular Hbond substituents is 1. The maximum absolute atomic E-state index is 14.1. The molecule has 5 N–H and O–H groups in total. The minimum Gasteiger partial charge on any atom is -0.505 e. The van der Waals surface area contributed by atoms with Crippen LogP contribution < -0.4 is 5.32 Å². The lowest BCUT2D eigenvalue weighted by Gasteiger charge is -2.44. The molecule has 9 heteroatoms. The van der Waals surface area contributed by atoms with Crippen LogP contribution in [0, 0.1) is 5.82 Å². The number of halogens is 1. The van der Waals surface area contributed by atoms with E-state index >= 15 is 0 Å². The van der Waals surface area contributed by atoms with Gasteiger partial charge in [0.05, 0.1) is 23.5 Å². The molecule has 34 heavy (non-hydrogen) atoms. The number of hydrogen-bond acceptors (Lipinski definition) is 6. The van der Waals surface area contributed by atoms with E-state index in [1.807, 2.05) is 25.1 Å². The van der Waals surface area contributed by atoms with E-state index in [4.69, 9.17) is 4.98 Å². The third-order valence-corrected chi connectivity index (χ3v) is 7.19. The van der Waals surface area contributed by atoms with Crippen molar-refractivity contribution in [1.29, 1.82) is 0 Å². The first-order valence-corrected chi connectivity index (χ1v) is 11.7. The molecule has 0 aliphatic carbocycles. The molecule has 1 fully saturated rings. The fourth-order valence-electron chi connectivity index (χ4n) is 5.15. The van der Waals surface area contributed by atoms with Gasteiger partial charge in [-0.25, -0.2) is 9.37 Å². The number of rotatable bonds is 5. The number of benzene rings is 2. The summed E-state index contributed by atoms with van der Waals surface area (Å²) >= 11 is 0. The highest BCUT2D eigenvalue weighted by Crippen LogP contribution is 2.34. The van der Waals surface area contributed by atoms with E-state index in [0.717, 1.165) is 64.3 Å². The standard InChI is InChI=1S/C25H27FN6O2/c1-2-13-6-23(34)19(26)8-18(13)14-3-4-17-20(5-14)30-31-24(17)25-28-21-7-15(12-33)32(11-22(21)29-25)16-9-27-10-16/h3-6,8,15-16,27,33-34H,2,7,9-12H2,1H3,(H,28,29)(H,30,31). The second-order valence-corrected chi connectivity index (χ2v) is 9.18. The van der Waals surface area contributed by atoms with Gasteiger partial charge in [-0.1, -0.05) is 13.0 Å². The number of aromatic nitrogens is 4. The Morgan fingerprint density at radius 2 is 2.06 bits per heavy atom. The summed E-state index contributed by atoms with van der Waals surface area (Å²) in [5, 5.41) is 31.5. The predicted octanol–water partition coefficient (Wildman–Crippen LogP) is 2.72. The molecule has 0 bridgehead atoms. The summed E-state index contributed by atoms with van der Waals surface area (Å²) in [4.78, 5) is 10.7. The van der Waals surface area contributed by atoms with Gasteiger partial charge in [0.1, 0.15) is 5.69 Å². The molecule has 1 unspecified atom stereocenters. The molecular weight excluding hydrogens is 435 g/mol. The lowest BCUT2D eigenvalue weighted by molar-refractivity contribution is 0.0414. The van der Waals surface area contributed by atoms with Gasteiger partial charge in [-0.2, -0.15) is 5.10 Å².